The fourth-order valence-corrected chi connectivity index (χ4v) is 4.51. The minimum Gasteiger partial charge on any atom is -0.352 e. The Balaban J connectivity index is 1.48. The third-order valence-electron chi connectivity index (χ3n) is 6.18. The van der Waals surface area contributed by atoms with Crippen LogP contribution in [0.1, 0.15) is 41.1 Å². The van der Waals surface area contributed by atoms with Gasteiger partial charge in [-0.25, -0.2) is 8.78 Å². The Kier molecular flexibility index (Phi) is 6.96. The summed E-state index contributed by atoms with van der Waals surface area (Å²) in [4.78, 5) is 15.1. The Hall–Kier alpha value is -3.05. The molecular weight excluding hydrogens is 406 g/mol. The van der Waals surface area contributed by atoms with Gasteiger partial charge in [0.05, 0.1) is 5.92 Å². The third kappa shape index (κ3) is 5.40. The van der Waals surface area contributed by atoms with Crippen LogP contribution < -0.4 is 5.32 Å². The van der Waals surface area contributed by atoms with Crippen LogP contribution in [0.4, 0.5) is 8.78 Å². The van der Waals surface area contributed by atoms with Crippen LogP contribution in [0.5, 0.6) is 0 Å². The van der Waals surface area contributed by atoms with Crippen LogP contribution in [0, 0.1) is 24.5 Å². The van der Waals surface area contributed by atoms with Crippen molar-refractivity contribution in [2.45, 2.75) is 38.9 Å². The Morgan fingerprint density at radius 2 is 1.81 bits per heavy atom. The molecule has 1 N–H and O–H groups in total. The molecule has 1 heterocycles. The molecule has 5 heteroatoms. The first-order chi connectivity index (χ1) is 15.5. The van der Waals surface area contributed by atoms with E-state index in [2.05, 4.69) is 28.4 Å². The summed E-state index contributed by atoms with van der Waals surface area (Å²) in [5, 5.41) is 3.06. The van der Waals surface area contributed by atoms with Crippen LogP contribution in [0.25, 0.3) is 0 Å². The van der Waals surface area contributed by atoms with Crippen LogP contribution in [-0.2, 0) is 17.9 Å². The van der Waals surface area contributed by atoms with Crippen molar-refractivity contribution in [1.29, 1.82) is 0 Å². The number of carbonyl (C=O) groups excluding carboxylic acids is 1. The van der Waals surface area contributed by atoms with Crippen molar-refractivity contribution in [1.82, 2.24) is 10.2 Å². The minimum atomic E-state index is -0.585. The van der Waals surface area contributed by atoms with E-state index in [-0.39, 0.29) is 17.9 Å². The Bertz CT molecular complexity index is 1070. The summed E-state index contributed by atoms with van der Waals surface area (Å²) in [6, 6.07) is 22.0. The number of carbonyl (C=O) groups is 1. The summed E-state index contributed by atoms with van der Waals surface area (Å²) in [7, 11) is 0. The summed E-state index contributed by atoms with van der Waals surface area (Å²) in [5.41, 5.74) is 3.82. The number of aryl methyl sites for hydroxylation is 1. The molecule has 1 saturated heterocycles. The lowest BCUT2D eigenvalue weighted by molar-refractivity contribution is -0.127. The van der Waals surface area contributed by atoms with Gasteiger partial charge in [-0.2, -0.15) is 0 Å². The first-order valence-electron chi connectivity index (χ1n) is 11.1. The van der Waals surface area contributed by atoms with Gasteiger partial charge in [0, 0.05) is 37.3 Å². The molecule has 1 fully saturated rings. The molecule has 4 rings (SSSR count). The number of rotatable bonds is 6. The van der Waals surface area contributed by atoms with Crippen LogP contribution in [0.15, 0.2) is 72.8 Å². The number of likely N-dealkylation sites (tertiary alicyclic amines) is 1. The molecule has 32 heavy (non-hydrogen) atoms. The molecule has 0 saturated carbocycles. The maximum atomic E-state index is 14.4. The van der Waals surface area contributed by atoms with Crippen molar-refractivity contribution in [3.8, 4) is 0 Å². The second kappa shape index (κ2) is 10.0. The standard InChI is InChI=1S/C27H28F2N2O/c1-19-6-5-7-20(14-19)16-30-27(32)23-11-13-26(21-8-3-2-4-9-21)31(18-23)17-22-10-12-24(28)15-25(22)29/h2-10,12,14-15,23,26H,11,13,16-18H2,1H3,(H,30,32). The summed E-state index contributed by atoms with van der Waals surface area (Å²) in [6.45, 7) is 3.37. The maximum absolute atomic E-state index is 14.4. The summed E-state index contributed by atoms with van der Waals surface area (Å²) in [6.07, 6.45) is 1.57. The number of hydrogen-bond donors (Lipinski definition) is 1. The van der Waals surface area contributed by atoms with Crippen LogP contribution in [0.3, 0.4) is 0 Å². The van der Waals surface area contributed by atoms with Gasteiger partial charge in [0.1, 0.15) is 11.6 Å². The lowest BCUT2D eigenvalue weighted by Crippen LogP contribution is -2.44. The number of nitrogens with zero attached hydrogens (tertiary/aromatic N) is 1. The fourth-order valence-electron chi connectivity index (χ4n) is 4.51. The van der Waals surface area contributed by atoms with E-state index in [1.54, 1.807) is 0 Å². The highest BCUT2D eigenvalue weighted by molar-refractivity contribution is 5.79. The van der Waals surface area contributed by atoms with Crippen LogP contribution in [0.2, 0.25) is 0 Å². The normalized spacial score (nSPS) is 19.0. The number of halogens is 2. The van der Waals surface area contributed by atoms with Crippen molar-refractivity contribution >= 4 is 5.91 Å². The second-order valence-corrected chi connectivity index (χ2v) is 8.57. The molecule has 0 aliphatic carbocycles. The highest BCUT2D eigenvalue weighted by atomic mass is 19.1. The second-order valence-electron chi connectivity index (χ2n) is 8.57. The topological polar surface area (TPSA) is 32.3 Å². The van der Waals surface area contributed by atoms with Gasteiger partial charge in [0.15, 0.2) is 0 Å². The van der Waals surface area contributed by atoms with E-state index < -0.39 is 11.6 Å². The summed E-state index contributed by atoms with van der Waals surface area (Å²) in [5.74, 6) is -1.30. The fraction of sp³-hybridized carbons (Fsp3) is 0.296. The van der Waals surface area contributed by atoms with E-state index in [0.717, 1.165) is 35.6 Å². The molecule has 2 unspecified atom stereocenters. The van der Waals surface area contributed by atoms with Gasteiger partial charge >= 0.3 is 0 Å². The number of benzene rings is 3. The van der Waals surface area contributed by atoms with E-state index in [1.807, 2.05) is 43.3 Å². The number of amides is 1. The number of piperidine rings is 1. The van der Waals surface area contributed by atoms with Gasteiger partial charge in [-0.1, -0.05) is 66.2 Å². The van der Waals surface area contributed by atoms with Gasteiger partial charge < -0.3 is 5.32 Å². The molecule has 3 aromatic rings. The molecule has 0 radical (unpaired) electrons. The highest BCUT2D eigenvalue weighted by Crippen LogP contribution is 2.35. The van der Waals surface area contributed by atoms with E-state index >= 15 is 0 Å². The molecule has 1 aliphatic rings. The van der Waals surface area contributed by atoms with Gasteiger partial charge in [-0.15, -0.1) is 0 Å². The molecule has 1 aliphatic heterocycles. The molecule has 0 spiro atoms. The van der Waals surface area contributed by atoms with Crippen LogP contribution in [-0.4, -0.2) is 17.4 Å². The van der Waals surface area contributed by atoms with Crippen molar-refractivity contribution in [2.24, 2.45) is 5.92 Å². The Morgan fingerprint density at radius 3 is 2.56 bits per heavy atom. The monoisotopic (exact) mass is 434 g/mol. The number of hydrogen-bond acceptors (Lipinski definition) is 2. The quantitative estimate of drug-likeness (QED) is 0.552. The van der Waals surface area contributed by atoms with E-state index in [4.69, 9.17) is 0 Å². The van der Waals surface area contributed by atoms with Gasteiger partial charge in [0.2, 0.25) is 5.91 Å². The zero-order valence-corrected chi connectivity index (χ0v) is 18.2. The first kappa shape index (κ1) is 22.2. The summed E-state index contributed by atoms with van der Waals surface area (Å²) < 4.78 is 27.8. The molecule has 3 aromatic carbocycles. The highest BCUT2D eigenvalue weighted by Gasteiger charge is 2.33. The Morgan fingerprint density at radius 1 is 1.00 bits per heavy atom. The largest absolute Gasteiger partial charge is 0.352 e. The van der Waals surface area contributed by atoms with Crippen LogP contribution >= 0.6 is 0 Å². The summed E-state index contributed by atoms with van der Waals surface area (Å²) >= 11 is 0. The zero-order valence-electron chi connectivity index (χ0n) is 18.2. The lowest BCUT2D eigenvalue weighted by atomic mass is 9.88. The average Bonchev–Trinajstić information content (AvgIpc) is 2.80. The smallest absolute Gasteiger partial charge is 0.224 e. The first-order valence-corrected chi connectivity index (χ1v) is 11.1. The molecule has 166 valence electrons. The Labute approximate surface area is 188 Å². The van der Waals surface area contributed by atoms with Gasteiger partial charge in [-0.3, -0.25) is 9.69 Å². The lowest BCUT2D eigenvalue weighted by Gasteiger charge is -2.39. The maximum Gasteiger partial charge on any atom is 0.224 e. The SMILES string of the molecule is Cc1cccc(CNC(=O)C2CCC(c3ccccc3)N(Cc3ccc(F)cc3F)C2)c1. The van der Waals surface area contributed by atoms with Crippen molar-refractivity contribution in [3.05, 3.63) is 107 Å². The molecule has 0 bridgehead atoms. The molecule has 0 aromatic heterocycles. The van der Waals surface area contributed by atoms with E-state index in [9.17, 15) is 13.6 Å². The third-order valence-corrected chi connectivity index (χ3v) is 6.18. The molecule has 1 amide bonds. The number of nitrogens with one attached hydrogen (secondary N) is 1. The van der Waals surface area contributed by atoms with Crippen molar-refractivity contribution in [2.75, 3.05) is 6.54 Å². The van der Waals surface area contributed by atoms with Gasteiger partial charge in [-0.05, 0) is 37.0 Å². The predicted molar refractivity (Wildman–Crippen MR) is 122 cm³/mol. The molecule has 2 atom stereocenters. The predicted octanol–water partition coefficient (Wildman–Crippen LogP) is 5.54. The van der Waals surface area contributed by atoms with Crippen molar-refractivity contribution in [3.63, 3.8) is 0 Å². The van der Waals surface area contributed by atoms with Crippen molar-refractivity contribution < 1.29 is 13.6 Å². The van der Waals surface area contributed by atoms with E-state index in [1.165, 1.54) is 12.1 Å². The molecule has 3 nitrogen and oxygen atoms in total. The van der Waals surface area contributed by atoms with E-state index in [0.29, 0.717) is 25.2 Å². The average molecular weight is 435 g/mol. The van der Waals surface area contributed by atoms with Gasteiger partial charge in [0.25, 0.3) is 0 Å². The molecular formula is C27H28F2N2O. The minimum absolute atomic E-state index is 0.0163. The zero-order chi connectivity index (χ0) is 22.5.